The van der Waals surface area contributed by atoms with E-state index >= 15 is 0 Å². The highest BCUT2D eigenvalue weighted by Crippen LogP contribution is 2.47. The quantitative estimate of drug-likeness (QED) is 0.178. The number of esters is 1. The fourth-order valence-electron chi connectivity index (χ4n) is 4.12. The van der Waals surface area contributed by atoms with Crippen LogP contribution in [-0.2, 0) is 23.4 Å². The van der Waals surface area contributed by atoms with Gasteiger partial charge in [0.2, 0.25) is 5.60 Å². The Hall–Kier alpha value is -3.57. The number of aliphatic hydroxyl groups excluding tert-OH is 2. The average molecular weight is 605 g/mol. The van der Waals surface area contributed by atoms with Crippen LogP contribution in [0, 0.1) is 17.2 Å². The van der Waals surface area contributed by atoms with Gasteiger partial charge < -0.3 is 29.9 Å². The first-order chi connectivity index (χ1) is 20.0. The van der Waals surface area contributed by atoms with E-state index in [1.165, 1.54) is 31.2 Å². The van der Waals surface area contributed by atoms with Gasteiger partial charge >= 0.3 is 13.7 Å². The lowest BCUT2D eigenvalue weighted by molar-refractivity contribution is -0.146. The number of para-hydroxylation sites is 1. The summed E-state index contributed by atoms with van der Waals surface area (Å²) in [6, 6.07) is 8.69. The van der Waals surface area contributed by atoms with Gasteiger partial charge in [0.1, 0.15) is 48.7 Å². The van der Waals surface area contributed by atoms with E-state index in [1.807, 2.05) is 19.9 Å². The third kappa shape index (κ3) is 7.63. The summed E-state index contributed by atoms with van der Waals surface area (Å²) < 4.78 is 36.4. The molecule has 15 heteroatoms. The maximum atomic E-state index is 14.0. The Bertz CT molecular complexity index is 1280. The summed E-state index contributed by atoms with van der Waals surface area (Å²) in [6.07, 6.45) is 0.661. The van der Waals surface area contributed by atoms with Gasteiger partial charge in [0.25, 0.3) is 0 Å². The molecule has 1 aromatic rings. The molecule has 0 aromatic heterocycles. The van der Waals surface area contributed by atoms with Crippen molar-refractivity contribution in [3.63, 3.8) is 0 Å². The Morgan fingerprint density at radius 2 is 2.05 bits per heavy atom. The van der Waals surface area contributed by atoms with Gasteiger partial charge in [-0.15, -0.1) is 0 Å². The van der Waals surface area contributed by atoms with Crippen molar-refractivity contribution in [2.24, 2.45) is 21.7 Å². The van der Waals surface area contributed by atoms with Crippen LogP contribution in [0.2, 0.25) is 0 Å². The molecular formula is C27H37N6O8P. The number of benzene rings is 1. The molecule has 1 saturated heterocycles. The molecular weight excluding hydrogens is 567 g/mol. The van der Waals surface area contributed by atoms with Crippen molar-refractivity contribution in [1.82, 2.24) is 10.1 Å². The monoisotopic (exact) mass is 604 g/mol. The van der Waals surface area contributed by atoms with Crippen molar-refractivity contribution in [2.45, 2.75) is 63.7 Å². The Labute approximate surface area is 244 Å². The lowest BCUT2D eigenvalue weighted by atomic mass is 9.98. The number of carbonyl (C=O) groups is 1. The molecule has 0 amide bonds. The highest BCUT2D eigenvalue weighted by molar-refractivity contribution is 7.52. The normalized spacial score (nSPS) is 26.8. The van der Waals surface area contributed by atoms with Crippen molar-refractivity contribution < 1.29 is 38.1 Å². The van der Waals surface area contributed by atoms with Crippen LogP contribution in [0.3, 0.4) is 0 Å². The van der Waals surface area contributed by atoms with Gasteiger partial charge in [-0.3, -0.25) is 9.32 Å². The minimum Gasteiger partial charge on any atom is -0.464 e. The SMILES string of the molecule is C=C/C=C1/C(N)=NC=NN1[C@@H]1O[C@](C#N)(COP(=O)(N[C@@H](C)C(=O)OCC(CC)CC)Oc2ccccc2)[C@@H](O)[C@H]1O. The molecule has 14 nitrogen and oxygen atoms in total. The minimum atomic E-state index is -4.43. The molecule has 0 aliphatic carbocycles. The van der Waals surface area contributed by atoms with Gasteiger partial charge in [0.15, 0.2) is 12.1 Å². The van der Waals surface area contributed by atoms with E-state index in [0.717, 1.165) is 24.2 Å². The van der Waals surface area contributed by atoms with Gasteiger partial charge in [-0.1, -0.05) is 57.5 Å². The fraction of sp³-hybridized carbons (Fsp3) is 0.481. The molecule has 0 spiro atoms. The Kier molecular flexibility index (Phi) is 11.4. The van der Waals surface area contributed by atoms with E-state index in [1.54, 1.807) is 18.2 Å². The van der Waals surface area contributed by atoms with Crippen LogP contribution in [0.25, 0.3) is 0 Å². The number of nitriles is 1. The number of hydrogen-bond donors (Lipinski definition) is 4. The number of nitrogens with two attached hydrogens (primary N) is 1. The first-order valence-electron chi connectivity index (χ1n) is 13.4. The number of aliphatic imine (C=N–C) groups is 1. The van der Waals surface area contributed by atoms with E-state index in [-0.39, 0.29) is 29.8 Å². The van der Waals surface area contributed by atoms with E-state index in [9.17, 15) is 24.8 Å². The second-order valence-electron chi connectivity index (χ2n) is 9.66. The summed E-state index contributed by atoms with van der Waals surface area (Å²) in [5.41, 5.74) is 3.89. The van der Waals surface area contributed by atoms with Gasteiger partial charge in [0, 0.05) is 0 Å². The van der Waals surface area contributed by atoms with Crippen molar-refractivity contribution in [3.05, 3.63) is 54.8 Å². The maximum Gasteiger partial charge on any atom is 0.459 e. The average Bonchev–Trinajstić information content (AvgIpc) is 3.23. The number of hydrogen-bond acceptors (Lipinski definition) is 13. The third-order valence-corrected chi connectivity index (χ3v) is 8.38. The number of nitrogens with zero attached hydrogens (tertiary/aromatic N) is 4. The van der Waals surface area contributed by atoms with Crippen molar-refractivity contribution in [1.29, 1.82) is 5.26 Å². The highest BCUT2D eigenvalue weighted by Gasteiger charge is 2.58. The molecule has 2 heterocycles. The molecule has 5 N–H and O–H groups in total. The number of allylic oxidation sites excluding steroid dienone is 2. The van der Waals surface area contributed by atoms with Crippen LogP contribution in [0.15, 0.2) is 64.9 Å². The molecule has 6 atom stereocenters. The Morgan fingerprint density at radius 1 is 1.36 bits per heavy atom. The lowest BCUT2D eigenvalue weighted by Crippen LogP contribution is -2.46. The predicted molar refractivity (Wildman–Crippen MR) is 154 cm³/mol. The van der Waals surface area contributed by atoms with Gasteiger partial charge in [-0.05, 0) is 31.1 Å². The zero-order chi connectivity index (χ0) is 30.9. The molecule has 0 saturated carbocycles. The summed E-state index contributed by atoms with van der Waals surface area (Å²) in [5.74, 6) is -0.350. The Morgan fingerprint density at radius 3 is 2.67 bits per heavy atom. The third-order valence-electron chi connectivity index (χ3n) is 6.75. The van der Waals surface area contributed by atoms with Crippen molar-refractivity contribution in [2.75, 3.05) is 13.2 Å². The van der Waals surface area contributed by atoms with Crippen LogP contribution >= 0.6 is 7.75 Å². The second kappa shape index (κ2) is 14.6. The summed E-state index contributed by atoms with van der Waals surface area (Å²) >= 11 is 0. The summed E-state index contributed by atoms with van der Waals surface area (Å²) in [7, 11) is -4.43. The standard InChI is InChI=1S/C27H37N6O8P/c1-5-11-21-24(29)30-17-31-33(21)25-22(34)23(35)27(15-28,40-25)16-39-42(37,41-20-12-9-8-10-13-20)32-18(4)26(36)38-14-19(6-2)7-3/h5,8-13,17-19,22-23,25,34-35H,1,6-7,14,16H2,2-4H3,(H,32,37)(H2,29,30,31)/b21-11-/t18-,22+,23-,25+,27+,42?/m0/s1. The molecule has 1 unspecified atom stereocenters. The molecule has 1 fully saturated rings. The molecule has 2 aliphatic heterocycles. The molecule has 42 heavy (non-hydrogen) atoms. The van der Waals surface area contributed by atoms with E-state index in [0.29, 0.717) is 0 Å². The summed E-state index contributed by atoms with van der Waals surface area (Å²) in [5, 5.41) is 39.6. The van der Waals surface area contributed by atoms with Crippen molar-refractivity contribution >= 4 is 25.9 Å². The van der Waals surface area contributed by atoms with E-state index in [4.69, 9.17) is 24.3 Å². The summed E-state index contributed by atoms with van der Waals surface area (Å²) in [4.78, 5) is 16.6. The Balaban J connectivity index is 1.82. The first kappa shape index (κ1) is 32.9. The zero-order valence-electron chi connectivity index (χ0n) is 23.7. The van der Waals surface area contributed by atoms with Gasteiger partial charge in [-0.2, -0.15) is 15.5 Å². The number of carbonyl (C=O) groups excluding carboxylic acids is 1. The minimum absolute atomic E-state index is 0.0240. The molecule has 0 radical (unpaired) electrons. The highest BCUT2D eigenvalue weighted by atomic mass is 31.2. The number of hydrazone groups is 1. The second-order valence-corrected chi connectivity index (χ2v) is 11.4. The predicted octanol–water partition coefficient (Wildman–Crippen LogP) is 2.17. The molecule has 228 valence electrons. The van der Waals surface area contributed by atoms with Crippen LogP contribution in [0.4, 0.5) is 0 Å². The number of rotatable bonds is 14. The smallest absolute Gasteiger partial charge is 0.459 e. The fourth-order valence-corrected chi connectivity index (χ4v) is 5.64. The molecule has 1 aromatic carbocycles. The first-order valence-corrected chi connectivity index (χ1v) is 14.9. The zero-order valence-corrected chi connectivity index (χ0v) is 24.6. The molecule has 3 rings (SSSR count). The van der Waals surface area contributed by atoms with Gasteiger partial charge in [0.05, 0.1) is 6.61 Å². The van der Waals surface area contributed by atoms with E-state index in [2.05, 4.69) is 21.8 Å². The number of nitrogens with one attached hydrogen (secondary N) is 1. The largest absolute Gasteiger partial charge is 0.464 e. The van der Waals surface area contributed by atoms with Crippen LogP contribution in [-0.4, -0.2) is 76.7 Å². The number of amidine groups is 1. The number of ether oxygens (including phenoxy) is 2. The topological polar surface area (TPSA) is 201 Å². The van der Waals surface area contributed by atoms with Gasteiger partial charge in [-0.25, -0.2) is 14.6 Å². The van der Waals surface area contributed by atoms with Crippen LogP contribution in [0.5, 0.6) is 5.75 Å². The van der Waals surface area contributed by atoms with Crippen LogP contribution in [0.1, 0.15) is 33.6 Å². The van der Waals surface area contributed by atoms with Crippen molar-refractivity contribution in [3.8, 4) is 11.8 Å². The maximum absolute atomic E-state index is 14.0. The molecule has 2 aliphatic rings. The molecule has 0 bridgehead atoms. The summed E-state index contributed by atoms with van der Waals surface area (Å²) in [6.45, 7) is 8.36. The van der Waals surface area contributed by atoms with E-state index < -0.39 is 50.4 Å². The number of aliphatic hydroxyl groups is 2. The lowest BCUT2D eigenvalue weighted by Gasteiger charge is -2.31. The van der Waals surface area contributed by atoms with Crippen LogP contribution < -0.4 is 15.3 Å².